The number of benzene rings is 1. The number of rotatable bonds is 1. The molecular formula is C15H20N2O. The van der Waals surface area contributed by atoms with Crippen molar-refractivity contribution in [3.05, 3.63) is 34.9 Å². The molecule has 3 nitrogen and oxygen atoms in total. The molecule has 0 spiro atoms. The molecule has 3 rings (SSSR count). The summed E-state index contributed by atoms with van der Waals surface area (Å²) in [5, 5.41) is 0. The molecule has 0 atom stereocenters. The van der Waals surface area contributed by atoms with E-state index in [1.165, 1.54) is 11.1 Å². The summed E-state index contributed by atoms with van der Waals surface area (Å²) in [6.07, 6.45) is 2.21. The van der Waals surface area contributed by atoms with Crippen LogP contribution in [0, 0.1) is 6.92 Å². The highest BCUT2D eigenvalue weighted by Gasteiger charge is 2.33. The molecule has 0 bridgehead atoms. The monoisotopic (exact) mass is 244 g/mol. The van der Waals surface area contributed by atoms with Crippen LogP contribution in [0.5, 0.6) is 0 Å². The third-order valence-corrected chi connectivity index (χ3v) is 4.22. The Hall–Kier alpha value is -1.35. The quantitative estimate of drug-likeness (QED) is 0.755. The van der Waals surface area contributed by atoms with Gasteiger partial charge in [-0.05, 0) is 51.5 Å². The molecule has 96 valence electrons. The average Bonchev–Trinajstić information content (AvgIpc) is 2.67. The van der Waals surface area contributed by atoms with Gasteiger partial charge in [0, 0.05) is 18.2 Å². The lowest BCUT2D eigenvalue weighted by molar-refractivity contribution is 0.0617. The van der Waals surface area contributed by atoms with E-state index in [0.717, 1.165) is 38.0 Å². The van der Waals surface area contributed by atoms with Crippen molar-refractivity contribution in [3.63, 3.8) is 0 Å². The van der Waals surface area contributed by atoms with Gasteiger partial charge in [0.15, 0.2) is 0 Å². The Morgan fingerprint density at radius 2 is 1.94 bits per heavy atom. The van der Waals surface area contributed by atoms with Gasteiger partial charge in [-0.2, -0.15) is 0 Å². The van der Waals surface area contributed by atoms with Gasteiger partial charge in [-0.15, -0.1) is 0 Å². The Morgan fingerprint density at radius 3 is 2.67 bits per heavy atom. The Balaban J connectivity index is 1.80. The average molecular weight is 244 g/mol. The molecule has 2 heterocycles. The van der Waals surface area contributed by atoms with E-state index in [1.54, 1.807) is 0 Å². The van der Waals surface area contributed by atoms with E-state index in [9.17, 15) is 4.79 Å². The lowest BCUT2D eigenvalue weighted by Crippen LogP contribution is -2.43. The molecule has 0 N–H and O–H groups in total. The molecule has 2 aliphatic heterocycles. The Bertz CT molecular complexity index is 475. The van der Waals surface area contributed by atoms with Crippen LogP contribution in [-0.4, -0.2) is 41.9 Å². The van der Waals surface area contributed by atoms with Crippen LogP contribution in [0.2, 0.25) is 0 Å². The third-order valence-electron chi connectivity index (χ3n) is 4.22. The minimum absolute atomic E-state index is 0.236. The zero-order valence-corrected chi connectivity index (χ0v) is 11.1. The molecule has 0 unspecified atom stereocenters. The maximum Gasteiger partial charge on any atom is 0.254 e. The Morgan fingerprint density at radius 1 is 1.22 bits per heavy atom. The van der Waals surface area contributed by atoms with E-state index >= 15 is 0 Å². The van der Waals surface area contributed by atoms with Crippen molar-refractivity contribution in [1.82, 2.24) is 9.80 Å². The van der Waals surface area contributed by atoms with Gasteiger partial charge >= 0.3 is 0 Å². The van der Waals surface area contributed by atoms with Crippen LogP contribution < -0.4 is 0 Å². The first-order valence-electron chi connectivity index (χ1n) is 6.74. The number of amides is 1. The minimum Gasteiger partial charge on any atom is -0.331 e. The van der Waals surface area contributed by atoms with E-state index in [4.69, 9.17) is 0 Å². The van der Waals surface area contributed by atoms with Gasteiger partial charge in [-0.1, -0.05) is 17.7 Å². The van der Waals surface area contributed by atoms with Crippen LogP contribution in [0.4, 0.5) is 0 Å². The van der Waals surface area contributed by atoms with Crippen LogP contribution in [0.3, 0.4) is 0 Å². The minimum atomic E-state index is 0.236. The largest absolute Gasteiger partial charge is 0.331 e. The Kier molecular flexibility index (Phi) is 2.86. The highest BCUT2D eigenvalue weighted by Crippen LogP contribution is 2.28. The topological polar surface area (TPSA) is 23.6 Å². The van der Waals surface area contributed by atoms with E-state index < -0.39 is 0 Å². The summed E-state index contributed by atoms with van der Waals surface area (Å²) in [6.45, 7) is 5.10. The summed E-state index contributed by atoms with van der Waals surface area (Å²) in [4.78, 5) is 16.8. The predicted molar refractivity (Wildman–Crippen MR) is 71.6 cm³/mol. The summed E-state index contributed by atoms with van der Waals surface area (Å²) in [7, 11) is 2.15. The Labute approximate surface area is 108 Å². The number of nitrogens with zero attached hydrogens (tertiary/aromatic N) is 2. The molecule has 3 heteroatoms. The van der Waals surface area contributed by atoms with Crippen molar-refractivity contribution < 1.29 is 4.79 Å². The summed E-state index contributed by atoms with van der Waals surface area (Å²) < 4.78 is 0. The summed E-state index contributed by atoms with van der Waals surface area (Å²) in [5.41, 5.74) is 3.37. The van der Waals surface area contributed by atoms with E-state index in [1.807, 2.05) is 12.1 Å². The van der Waals surface area contributed by atoms with Gasteiger partial charge in [0.25, 0.3) is 5.91 Å². The first-order chi connectivity index (χ1) is 8.65. The molecule has 18 heavy (non-hydrogen) atoms. The fourth-order valence-corrected chi connectivity index (χ4v) is 3.07. The molecule has 2 aliphatic rings. The maximum absolute atomic E-state index is 12.4. The number of hydrogen-bond acceptors (Lipinski definition) is 2. The molecule has 0 saturated carbocycles. The summed E-state index contributed by atoms with van der Waals surface area (Å²) in [5.74, 6) is 0.236. The third kappa shape index (κ3) is 1.93. The summed E-state index contributed by atoms with van der Waals surface area (Å²) >= 11 is 0. The molecule has 0 aromatic heterocycles. The molecule has 1 amide bonds. The predicted octanol–water partition coefficient (Wildman–Crippen LogP) is 2.05. The number of hydrogen-bond donors (Lipinski definition) is 0. The zero-order chi connectivity index (χ0) is 12.7. The van der Waals surface area contributed by atoms with Crippen molar-refractivity contribution in [2.75, 3.05) is 20.1 Å². The van der Waals surface area contributed by atoms with Gasteiger partial charge in [0.2, 0.25) is 0 Å². The molecular weight excluding hydrogens is 224 g/mol. The molecule has 1 aromatic rings. The van der Waals surface area contributed by atoms with Crippen LogP contribution >= 0.6 is 0 Å². The van der Waals surface area contributed by atoms with Crippen LogP contribution in [0.1, 0.15) is 34.3 Å². The number of aryl methyl sites for hydroxylation is 1. The first-order valence-corrected chi connectivity index (χ1v) is 6.74. The summed E-state index contributed by atoms with van der Waals surface area (Å²) in [6, 6.07) is 6.61. The van der Waals surface area contributed by atoms with Gasteiger partial charge in [0.05, 0.1) is 0 Å². The van der Waals surface area contributed by atoms with Gasteiger partial charge in [-0.3, -0.25) is 4.79 Å². The number of piperidine rings is 1. The molecule has 1 saturated heterocycles. The highest BCUT2D eigenvalue weighted by atomic mass is 16.2. The normalized spacial score (nSPS) is 21.4. The fourth-order valence-electron chi connectivity index (χ4n) is 3.07. The van der Waals surface area contributed by atoms with E-state index in [-0.39, 0.29) is 5.91 Å². The lowest BCUT2D eigenvalue weighted by Gasteiger charge is -2.34. The van der Waals surface area contributed by atoms with Crippen LogP contribution in [0.15, 0.2) is 18.2 Å². The van der Waals surface area contributed by atoms with Gasteiger partial charge in [-0.25, -0.2) is 0 Å². The van der Waals surface area contributed by atoms with Gasteiger partial charge in [0.1, 0.15) is 0 Å². The zero-order valence-electron chi connectivity index (χ0n) is 11.1. The van der Waals surface area contributed by atoms with Crippen LogP contribution in [-0.2, 0) is 6.54 Å². The van der Waals surface area contributed by atoms with Crippen molar-refractivity contribution in [2.24, 2.45) is 0 Å². The number of likely N-dealkylation sites (tertiary alicyclic amines) is 1. The molecule has 1 aromatic carbocycles. The van der Waals surface area contributed by atoms with Crippen LogP contribution in [0.25, 0.3) is 0 Å². The number of fused-ring (bicyclic) bond motifs is 1. The SMILES string of the molecule is Cc1ccc2c(c1)CN(C1CCN(C)CC1)C2=O. The van der Waals surface area contributed by atoms with Crippen molar-refractivity contribution in [2.45, 2.75) is 32.4 Å². The lowest BCUT2D eigenvalue weighted by atomic mass is 10.0. The second-order valence-electron chi connectivity index (χ2n) is 5.63. The van der Waals surface area contributed by atoms with E-state index in [2.05, 4.69) is 29.8 Å². The maximum atomic E-state index is 12.4. The van der Waals surface area contributed by atoms with E-state index in [0.29, 0.717) is 6.04 Å². The smallest absolute Gasteiger partial charge is 0.254 e. The van der Waals surface area contributed by atoms with Crippen molar-refractivity contribution in [1.29, 1.82) is 0 Å². The van der Waals surface area contributed by atoms with Gasteiger partial charge < -0.3 is 9.80 Å². The van der Waals surface area contributed by atoms with Crippen molar-refractivity contribution in [3.8, 4) is 0 Å². The first kappa shape index (κ1) is 11.7. The molecule has 1 fully saturated rings. The molecule has 0 radical (unpaired) electrons. The molecule has 0 aliphatic carbocycles. The standard InChI is InChI=1S/C15H20N2O/c1-11-3-4-14-12(9-11)10-17(15(14)18)13-5-7-16(2)8-6-13/h3-4,9,13H,5-8,10H2,1-2H3. The fraction of sp³-hybridized carbons (Fsp3) is 0.533. The number of carbonyl (C=O) groups excluding carboxylic acids is 1. The van der Waals surface area contributed by atoms with Crippen molar-refractivity contribution >= 4 is 5.91 Å². The number of carbonyl (C=O) groups is 1. The second kappa shape index (κ2) is 4.39. The highest BCUT2D eigenvalue weighted by molar-refractivity contribution is 5.98. The second-order valence-corrected chi connectivity index (χ2v) is 5.63.